The molecule has 2 N–H and O–H groups in total. The van der Waals surface area contributed by atoms with E-state index in [4.69, 9.17) is 19.8 Å². The fourth-order valence-electron chi connectivity index (χ4n) is 0. The Hall–Kier alpha value is 1.10. The maximum absolute atomic E-state index is 9.10. The smallest absolute Gasteiger partial charge is 1.00 e. The number of rotatable bonds is 0. The molecular formula is C2H3KMnO4. The van der Waals surface area contributed by atoms with Gasteiger partial charge in [-0.3, -0.25) is 0 Å². The summed E-state index contributed by atoms with van der Waals surface area (Å²) in [5.41, 5.74) is 0. The fourth-order valence-corrected chi connectivity index (χ4v) is 0. The molecule has 1 radical (unpaired) electrons. The zero-order valence-corrected chi connectivity index (χ0v) is 8.39. The van der Waals surface area contributed by atoms with E-state index in [-0.39, 0.29) is 69.9 Å². The van der Waals surface area contributed by atoms with Gasteiger partial charge < -0.3 is 11.6 Å². The monoisotopic (exact) mass is 185 g/mol. The van der Waals surface area contributed by atoms with Crippen molar-refractivity contribution >= 4 is 11.9 Å². The van der Waals surface area contributed by atoms with Crippen molar-refractivity contribution in [3.8, 4) is 0 Å². The standard InChI is InChI=1S/C2H2O4.K.Mn.H/c3-1(4)2(5)6;;;/h(H,3,4)(H,5,6);;;/q;+1;;-1. The number of hydrogen-bond donors (Lipinski definition) is 2. The first kappa shape index (κ1) is 16.0. The normalized spacial score (nSPS) is 5.50. The van der Waals surface area contributed by atoms with Crippen LogP contribution in [0.1, 0.15) is 1.43 Å². The Morgan fingerprint density at radius 3 is 1.25 bits per heavy atom. The Bertz CT molecular complexity index is 84.6. The first-order chi connectivity index (χ1) is 2.64. The quantitative estimate of drug-likeness (QED) is 0.300. The van der Waals surface area contributed by atoms with Crippen molar-refractivity contribution in [3.63, 3.8) is 0 Å². The van der Waals surface area contributed by atoms with Crippen molar-refractivity contribution in [1.29, 1.82) is 0 Å². The van der Waals surface area contributed by atoms with E-state index in [1.165, 1.54) is 0 Å². The van der Waals surface area contributed by atoms with Gasteiger partial charge in [-0.05, 0) is 0 Å². The third kappa shape index (κ3) is 10.2. The molecule has 0 rings (SSSR count). The summed E-state index contributed by atoms with van der Waals surface area (Å²) >= 11 is 0. The van der Waals surface area contributed by atoms with Crippen LogP contribution in [-0.2, 0) is 26.7 Å². The minimum absolute atomic E-state index is 0. The average Bonchev–Trinajstić information content (AvgIpc) is 1.36. The summed E-state index contributed by atoms with van der Waals surface area (Å²) in [7, 11) is 0. The molecule has 0 aromatic heterocycles. The number of carboxylic acid groups (broad SMARTS) is 2. The van der Waals surface area contributed by atoms with Gasteiger partial charge >= 0.3 is 63.3 Å². The second kappa shape index (κ2) is 8.10. The molecule has 0 saturated carbocycles. The van der Waals surface area contributed by atoms with Crippen LogP contribution in [0.2, 0.25) is 0 Å². The average molecular weight is 185 g/mol. The van der Waals surface area contributed by atoms with Crippen molar-refractivity contribution < 1.29 is 89.7 Å². The molecule has 0 aromatic rings. The Kier molecular flexibility index (Phi) is 16.2. The van der Waals surface area contributed by atoms with E-state index in [2.05, 4.69) is 0 Å². The zero-order chi connectivity index (χ0) is 5.15. The molecule has 4 nitrogen and oxygen atoms in total. The van der Waals surface area contributed by atoms with Crippen LogP contribution in [-0.4, -0.2) is 22.2 Å². The van der Waals surface area contributed by atoms with Gasteiger partial charge in [-0.15, -0.1) is 0 Å². The van der Waals surface area contributed by atoms with Crippen molar-refractivity contribution in [2.75, 3.05) is 0 Å². The summed E-state index contributed by atoms with van der Waals surface area (Å²) in [6, 6.07) is 0. The van der Waals surface area contributed by atoms with Crippen molar-refractivity contribution in [3.05, 3.63) is 0 Å². The molecule has 0 unspecified atom stereocenters. The molecule has 0 bridgehead atoms. The minimum Gasteiger partial charge on any atom is -1.00 e. The molecule has 0 saturated heterocycles. The molecule has 6 heteroatoms. The maximum atomic E-state index is 9.10. The summed E-state index contributed by atoms with van der Waals surface area (Å²) in [5.74, 6) is -3.65. The molecule has 0 spiro atoms. The van der Waals surface area contributed by atoms with Gasteiger partial charge in [-0.25, -0.2) is 9.59 Å². The predicted molar refractivity (Wildman–Crippen MR) is 16.4 cm³/mol. The van der Waals surface area contributed by atoms with Gasteiger partial charge in [0.25, 0.3) is 0 Å². The van der Waals surface area contributed by atoms with Crippen LogP contribution in [0.15, 0.2) is 0 Å². The van der Waals surface area contributed by atoms with Gasteiger partial charge in [0.15, 0.2) is 0 Å². The van der Waals surface area contributed by atoms with Crippen LogP contribution >= 0.6 is 0 Å². The van der Waals surface area contributed by atoms with E-state index in [9.17, 15) is 0 Å². The maximum Gasteiger partial charge on any atom is 1.00 e. The van der Waals surface area contributed by atoms with Crippen molar-refractivity contribution in [2.24, 2.45) is 0 Å². The number of carbonyl (C=O) groups is 2. The summed E-state index contributed by atoms with van der Waals surface area (Å²) in [6.45, 7) is 0. The Labute approximate surface area is 100 Å². The van der Waals surface area contributed by atoms with E-state index < -0.39 is 11.9 Å². The second-order valence-corrected chi connectivity index (χ2v) is 0.610. The molecule has 0 atom stereocenters. The molecule has 0 heterocycles. The fraction of sp³-hybridized carbons (Fsp3) is 0. The molecule has 0 amide bonds. The Balaban J connectivity index is -0.0000000417. The molecule has 0 aliphatic carbocycles. The van der Waals surface area contributed by atoms with Gasteiger partial charge in [0.05, 0.1) is 0 Å². The third-order valence-corrected chi connectivity index (χ3v) is 0.183. The van der Waals surface area contributed by atoms with Crippen LogP contribution in [0, 0.1) is 0 Å². The number of carboxylic acids is 2. The third-order valence-electron chi connectivity index (χ3n) is 0.183. The van der Waals surface area contributed by atoms with E-state index in [1.54, 1.807) is 0 Å². The van der Waals surface area contributed by atoms with Gasteiger partial charge in [-0.2, -0.15) is 0 Å². The molecule has 43 valence electrons. The van der Waals surface area contributed by atoms with Gasteiger partial charge in [0.2, 0.25) is 0 Å². The molecular weight excluding hydrogens is 182 g/mol. The molecule has 8 heavy (non-hydrogen) atoms. The topological polar surface area (TPSA) is 74.6 Å². The molecule has 0 aromatic carbocycles. The van der Waals surface area contributed by atoms with Gasteiger partial charge in [0.1, 0.15) is 0 Å². The van der Waals surface area contributed by atoms with Crippen LogP contribution in [0.4, 0.5) is 0 Å². The van der Waals surface area contributed by atoms with Crippen LogP contribution < -0.4 is 51.4 Å². The van der Waals surface area contributed by atoms with Crippen LogP contribution in [0.25, 0.3) is 0 Å². The van der Waals surface area contributed by atoms with Crippen molar-refractivity contribution in [2.45, 2.75) is 0 Å². The molecule has 0 aliphatic rings. The predicted octanol–water partition coefficient (Wildman–Crippen LogP) is -3.73. The minimum atomic E-state index is -1.82. The second-order valence-electron chi connectivity index (χ2n) is 0.610. The number of hydrogen-bond acceptors (Lipinski definition) is 2. The van der Waals surface area contributed by atoms with Gasteiger partial charge in [0, 0.05) is 17.1 Å². The Morgan fingerprint density at radius 1 is 1.12 bits per heavy atom. The summed E-state index contributed by atoms with van der Waals surface area (Å²) in [4.78, 5) is 18.2. The first-order valence-corrected chi connectivity index (χ1v) is 1.11. The van der Waals surface area contributed by atoms with E-state index in [0.29, 0.717) is 0 Å². The first-order valence-electron chi connectivity index (χ1n) is 1.11. The number of aliphatic carboxylic acids is 2. The largest absolute Gasteiger partial charge is 1.00 e. The van der Waals surface area contributed by atoms with Crippen LogP contribution in [0.5, 0.6) is 0 Å². The molecule has 0 fully saturated rings. The molecule has 0 aliphatic heterocycles. The zero-order valence-electron chi connectivity index (χ0n) is 5.09. The summed E-state index contributed by atoms with van der Waals surface area (Å²) < 4.78 is 0. The summed E-state index contributed by atoms with van der Waals surface area (Å²) in [6.07, 6.45) is 0. The van der Waals surface area contributed by atoms with E-state index in [0.717, 1.165) is 0 Å². The SMILES string of the molecule is O=C(O)C(=O)O.[H-].[K+].[Mn]. The van der Waals surface area contributed by atoms with Crippen LogP contribution in [0.3, 0.4) is 0 Å². The summed E-state index contributed by atoms with van der Waals surface area (Å²) in [5, 5.41) is 14.8. The van der Waals surface area contributed by atoms with Crippen molar-refractivity contribution in [1.82, 2.24) is 0 Å². The van der Waals surface area contributed by atoms with E-state index >= 15 is 0 Å². The van der Waals surface area contributed by atoms with E-state index in [1.807, 2.05) is 0 Å². The Morgan fingerprint density at radius 2 is 1.25 bits per heavy atom. The van der Waals surface area contributed by atoms with Gasteiger partial charge in [-0.1, -0.05) is 0 Å².